The van der Waals surface area contributed by atoms with Gasteiger partial charge < -0.3 is 4.74 Å². The molecule has 0 aromatic carbocycles. The Labute approximate surface area is 132 Å². The van der Waals surface area contributed by atoms with E-state index < -0.39 is 0 Å². The molecule has 0 fully saturated rings. The van der Waals surface area contributed by atoms with Crippen molar-refractivity contribution in [3.8, 4) is 0 Å². The van der Waals surface area contributed by atoms with Crippen molar-refractivity contribution >= 4 is 5.97 Å². The molecular weight excluding hydrogens is 260 g/mol. The average molecular weight is 296 g/mol. The number of hydrogen-bond donors (Lipinski definition) is 0. The SMILES string of the molecule is CCCCCCCCCCCCCCCC=CC(=O)OC. The minimum atomic E-state index is -0.246. The predicted molar refractivity (Wildman–Crippen MR) is 91.5 cm³/mol. The molecule has 0 N–H and O–H groups in total. The highest BCUT2D eigenvalue weighted by Crippen LogP contribution is 2.12. The van der Waals surface area contributed by atoms with Crippen LogP contribution >= 0.6 is 0 Å². The number of ether oxygens (including phenoxy) is 1. The third-order valence-corrected chi connectivity index (χ3v) is 3.93. The van der Waals surface area contributed by atoms with Gasteiger partial charge in [0.25, 0.3) is 0 Å². The molecule has 0 aromatic rings. The molecule has 0 aliphatic rings. The number of esters is 1. The van der Waals surface area contributed by atoms with Gasteiger partial charge in [-0.05, 0) is 12.8 Å². The molecule has 0 bridgehead atoms. The van der Waals surface area contributed by atoms with Crippen molar-refractivity contribution in [1.82, 2.24) is 0 Å². The number of rotatable bonds is 15. The summed E-state index contributed by atoms with van der Waals surface area (Å²) in [7, 11) is 1.41. The van der Waals surface area contributed by atoms with Crippen LogP contribution in [0.15, 0.2) is 12.2 Å². The van der Waals surface area contributed by atoms with Crippen LogP contribution in [-0.2, 0) is 9.53 Å². The maximum atomic E-state index is 10.8. The lowest BCUT2D eigenvalue weighted by Gasteiger charge is -2.02. The second kappa shape index (κ2) is 17.3. The van der Waals surface area contributed by atoms with E-state index in [2.05, 4.69) is 11.7 Å². The highest BCUT2D eigenvalue weighted by atomic mass is 16.5. The van der Waals surface area contributed by atoms with Crippen molar-refractivity contribution in [2.75, 3.05) is 7.11 Å². The summed E-state index contributed by atoms with van der Waals surface area (Å²) >= 11 is 0. The summed E-state index contributed by atoms with van der Waals surface area (Å²) in [6.07, 6.45) is 22.3. The van der Waals surface area contributed by atoms with Crippen LogP contribution in [0.1, 0.15) is 96.8 Å². The molecule has 2 nitrogen and oxygen atoms in total. The van der Waals surface area contributed by atoms with Crippen molar-refractivity contribution in [2.45, 2.75) is 96.8 Å². The highest BCUT2D eigenvalue weighted by molar-refractivity contribution is 5.81. The monoisotopic (exact) mass is 296 g/mol. The average Bonchev–Trinajstić information content (AvgIpc) is 2.50. The first-order valence-electron chi connectivity index (χ1n) is 9.05. The summed E-state index contributed by atoms with van der Waals surface area (Å²) in [6, 6.07) is 0. The van der Waals surface area contributed by atoms with E-state index in [4.69, 9.17) is 0 Å². The molecule has 124 valence electrons. The molecule has 0 heterocycles. The van der Waals surface area contributed by atoms with Gasteiger partial charge in [0.2, 0.25) is 0 Å². The molecule has 2 heteroatoms. The van der Waals surface area contributed by atoms with Crippen LogP contribution in [0.25, 0.3) is 0 Å². The second-order valence-corrected chi connectivity index (χ2v) is 5.96. The fourth-order valence-electron chi connectivity index (χ4n) is 2.53. The third-order valence-electron chi connectivity index (χ3n) is 3.93. The van der Waals surface area contributed by atoms with Crippen molar-refractivity contribution in [1.29, 1.82) is 0 Å². The molecular formula is C19H36O2. The van der Waals surface area contributed by atoms with Crippen LogP contribution in [0.5, 0.6) is 0 Å². The molecule has 0 unspecified atom stereocenters. The van der Waals surface area contributed by atoms with E-state index in [9.17, 15) is 4.79 Å². The van der Waals surface area contributed by atoms with E-state index in [1.54, 1.807) is 0 Å². The Hall–Kier alpha value is -0.790. The zero-order chi connectivity index (χ0) is 15.6. The normalized spacial score (nSPS) is 11.1. The Balaban J connectivity index is 3.06. The van der Waals surface area contributed by atoms with Crippen LogP contribution in [0.4, 0.5) is 0 Å². The first-order chi connectivity index (χ1) is 10.3. The van der Waals surface area contributed by atoms with E-state index >= 15 is 0 Å². The summed E-state index contributed by atoms with van der Waals surface area (Å²) < 4.78 is 4.54. The Morgan fingerprint density at radius 2 is 1.19 bits per heavy atom. The topological polar surface area (TPSA) is 26.3 Å². The van der Waals surface area contributed by atoms with Crippen molar-refractivity contribution in [3.05, 3.63) is 12.2 Å². The molecule has 0 aliphatic heterocycles. The predicted octanol–water partition coefficient (Wildman–Crippen LogP) is 6.20. The summed E-state index contributed by atoms with van der Waals surface area (Å²) in [4.78, 5) is 10.8. The summed E-state index contributed by atoms with van der Waals surface area (Å²) in [5.74, 6) is -0.246. The molecule has 0 rings (SSSR count). The largest absolute Gasteiger partial charge is 0.466 e. The third kappa shape index (κ3) is 17.2. The van der Waals surface area contributed by atoms with E-state index in [1.807, 2.05) is 6.08 Å². The summed E-state index contributed by atoms with van der Waals surface area (Å²) in [5, 5.41) is 0. The second-order valence-electron chi connectivity index (χ2n) is 5.96. The smallest absolute Gasteiger partial charge is 0.330 e. The van der Waals surface area contributed by atoms with Gasteiger partial charge in [0.1, 0.15) is 0 Å². The molecule has 0 atom stereocenters. The Morgan fingerprint density at radius 1 is 0.762 bits per heavy atom. The quantitative estimate of drug-likeness (QED) is 0.204. The lowest BCUT2D eigenvalue weighted by atomic mass is 10.0. The van der Waals surface area contributed by atoms with Gasteiger partial charge in [-0.1, -0.05) is 90.0 Å². The minimum Gasteiger partial charge on any atom is -0.466 e. The van der Waals surface area contributed by atoms with Gasteiger partial charge in [0.15, 0.2) is 0 Å². The van der Waals surface area contributed by atoms with Gasteiger partial charge in [-0.3, -0.25) is 0 Å². The van der Waals surface area contributed by atoms with Gasteiger partial charge in [0, 0.05) is 6.08 Å². The standard InChI is InChI=1S/C19H36O2/c1-3-4-5-6-7-8-9-10-11-12-13-14-15-16-17-18-19(20)21-2/h17-18H,3-16H2,1-2H3. The molecule has 0 aromatic heterocycles. The first kappa shape index (κ1) is 20.2. The molecule has 21 heavy (non-hydrogen) atoms. The number of unbranched alkanes of at least 4 members (excludes halogenated alkanes) is 13. The number of methoxy groups -OCH3 is 1. The van der Waals surface area contributed by atoms with Crippen LogP contribution in [-0.4, -0.2) is 13.1 Å². The zero-order valence-electron chi connectivity index (χ0n) is 14.4. The molecule has 0 aliphatic carbocycles. The number of allylic oxidation sites excluding steroid dienone is 1. The van der Waals surface area contributed by atoms with Gasteiger partial charge in [0.05, 0.1) is 7.11 Å². The summed E-state index contributed by atoms with van der Waals surface area (Å²) in [5.41, 5.74) is 0. The van der Waals surface area contributed by atoms with Gasteiger partial charge >= 0.3 is 5.97 Å². The number of carbonyl (C=O) groups is 1. The Morgan fingerprint density at radius 3 is 1.62 bits per heavy atom. The number of hydrogen-bond acceptors (Lipinski definition) is 2. The van der Waals surface area contributed by atoms with Crippen molar-refractivity contribution in [2.24, 2.45) is 0 Å². The molecule has 0 saturated carbocycles. The van der Waals surface area contributed by atoms with Crippen molar-refractivity contribution in [3.63, 3.8) is 0 Å². The first-order valence-corrected chi connectivity index (χ1v) is 9.05. The van der Waals surface area contributed by atoms with Crippen LogP contribution < -0.4 is 0 Å². The minimum absolute atomic E-state index is 0.246. The summed E-state index contributed by atoms with van der Waals surface area (Å²) in [6.45, 7) is 2.27. The van der Waals surface area contributed by atoms with Gasteiger partial charge in [-0.15, -0.1) is 0 Å². The van der Waals surface area contributed by atoms with Crippen molar-refractivity contribution < 1.29 is 9.53 Å². The fourth-order valence-corrected chi connectivity index (χ4v) is 2.53. The Bertz CT molecular complexity index is 246. The molecule has 0 radical (unpaired) electrons. The maximum Gasteiger partial charge on any atom is 0.330 e. The Kier molecular flexibility index (Phi) is 16.6. The van der Waals surface area contributed by atoms with Crippen LogP contribution in [0.2, 0.25) is 0 Å². The van der Waals surface area contributed by atoms with E-state index in [-0.39, 0.29) is 5.97 Å². The van der Waals surface area contributed by atoms with Crippen LogP contribution in [0.3, 0.4) is 0 Å². The van der Waals surface area contributed by atoms with E-state index in [1.165, 1.54) is 96.7 Å². The van der Waals surface area contributed by atoms with Gasteiger partial charge in [-0.25, -0.2) is 4.79 Å². The van der Waals surface area contributed by atoms with E-state index in [0.717, 1.165) is 6.42 Å². The lowest BCUT2D eigenvalue weighted by molar-refractivity contribution is -0.134. The molecule has 0 amide bonds. The molecule has 0 spiro atoms. The highest BCUT2D eigenvalue weighted by Gasteiger charge is 1.94. The van der Waals surface area contributed by atoms with Crippen LogP contribution in [0, 0.1) is 0 Å². The zero-order valence-corrected chi connectivity index (χ0v) is 14.4. The van der Waals surface area contributed by atoms with E-state index in [0.29, 0.717) is 0 Å². The number of carbonyl (C=O) groups excluding carboxylic acids is 1. The maximum absolute atomic E-state index is 10.8. The van der Waals surface area contributed by atoms with Gasteiger partial charge in [-0.2, -0.15) is 0 Å². The lowest BCUT2D eigenvalue weighted by Crippen LogP contribution is -1.93. The molecule has 0 saturated heterocycles. The fraction of sp³-hybridized carbons (Fsp3) is 0.842.